The molecule has 7 heteroatoms. The molecule has 6 nitrogen and oxygen atoms in total. The summed E-state index contributed by atoms with van der Waals surface area (Å²) in [5, 5.41) is 7.44. The van der Waals surface area contributed by atoms with Crippen LogP contribution in [0.2, 0.25) is 0 Å². The standard InChI is InChI=1S/C27H23FN4O2/c1-31(2)27(34)20-7-6-8-23(17-20)29-25(33)16-13-21-18-32(24-9-4-3-5-10-24)30-26(21)19-11-14-22(28)15-12-19/h3-18H,1-2H3,(H,29,33)/b16-13+. The van der Waals surface area contributed by atoms with E-state index in [0.717, 1.165) is 11.3 Å². The Hall–Kier alpha value is -4.52. The normalized spacial score (nSPS) is 10.9. The number of hydrogen-bond donors (Lipinski definition) is 1. The van der Waals surface area contributed by atoms with Crippen LogP contribution in [0.25, 0.3) is 23.0 Å². The Morgan fingerprint density at radius 2 is 1.71 bits per heavy atom. The van der Waals surface area contributed by atoms with Crippen LogP contribution in [0.3, 0.4) is 0 Å². The third-order valence-electron chi connectivity index (χ3n) is 5.08. The van der Waals surface area contributed by atoms with E-state index in [2.05, 4.69) is 10.4 Å². The smallest absolute Gasteiger partial charge is 0.253 e. The zero-order valence-electron chi connectivity index (χ0n) is 18.8. The molecule has 0 saturated heterocycles. The van der Waals surface area contributed by atoms with Crippen molar-refractivity contribution < 1.29 is 14.0 Å². The summed E-state index contributed by atoms with van der Waals surface area (Å²) in [5.74, 6) is -0.839. The van der Waals surface area contributed by atoms with Crippen LogP contribution in [0.1, 0.15) is 15.9 Å². The monoisotopic (exact) mass is 454 g/mol. The van der Waals surface area contributed by atoms with Crippen molar-refractivity contribution in [3.63, 3.8) is 0 Å². The fourth-order valence-electron chi connectivity index (χ4n) is 3.39. The number of amides is 2. The third kappa shape index (κ3) is 5.27. The van der Waals surface area contributed by atoms with Gasteiger partial charge in [-0.15, -0.1) is 0 Å². The lowest BCUT2D eigenvalue weighted by atomic mass is 10.1. The number of anilines is 1. The first-order chi connectivity index (χ1) is 16.4. The molecular formula is C27H23FN4O2. The highest BCUT2D eigenvalue weighted by Crippen LogP contribution is 2.25. The largest absolute Gasteiger partial charge is 0.345 e. The molecule has 34 heavy (non-hydrogen) atoms. The van der Waals surface area contributed by atoms with E-state index < -0.39 is 0 Å². The number of benzene rings is 3. The molecule has 1 heterocycles. The molecule has 1 N–H and O–H groups in total. The molecule has 0 atom stereocenters. The molecule has 4 aromatic rings. The van der Waals surface area contributed by atoms with Crippen molar-refractivity contribution in [3.05, 3.63) is 108 Å². The predicted molar refractivity (Wildman–Crippen MR) is 131 cm³/mol. The Morgan fingerprint density at radius 3 is 2.41 bits per heavy atom. The van der Waals surface area contributed by atoms with Crippen molar-refractivity contribution in [1.82, 2.24) is 14.7 Å². The number of hydrogen-bond acceptors (Lipinski definition) is 3. The molecule has 0 aliphatic heterocycles. The topological polar surface area (TPSA) is 67.2 Å². The van der Waals surface area contributed by atoms with Crippen LogP contribution in [0, 0.1) is 5.82 Å². The van der Waals surface area contributed by atoms with Crippen molar-refractivity contribution in [2.75, 3.05) is 19.4 Å². The van der Waals surface area contributed by atoms with Crippen molar-refractivity contribution in [2.45, 2.75) is 0 Å². The lowest BCUT2D eigenvalue weighted by molar-refractivity contribution is -0.111. The van der Waals surface area contributed by atoms with Crippen LogP contribution in [0.15, 0.2) is 91.1 Å². The van der Waals surface area contributed by atoms with Gasteiger partial charge < -0.3 is 10.2 Å². The molecule has 2 amide bonds. The van der Waals surface area contributed by atoms with E-state index in [-0.39, 0.29) is 17.6 Å². The molecule has 0 aliphatic rings. The highest BCUT2D eigenvalue weighted by Gasteiger charge is 2.12. The van der Waals surface area contributed by atoms with Gasteiger partial charge in [0.05, 0.1) is 11.4 Å². The molecule has 0 unspecified atom stereocenters. The maximum absolute atomic E-state index is 13.4. The van der Waals surface area contributed by atoms with Gasteiger partial charge in [0.2, 0.25) is 5.91 Å². The maximum atomic E-state index is 13.4. The molecule has 0 fully saturated rings. The first-order valence-electron chi connectivity index (χ1n) is 10.6. The second kappa shape index (κ2) is 9.95. The Labute approximate surface area is 197 Å². The zero-order chi connectivity index (χ0) is 24.1. The molecule has 0 bridgehead atoms. The van der Waals surface area contributed by atoms with E-state index in [1.807, 2.05) is 36.5 Å². The maximum Gasteiger partial charge on any atom is 0.253 e. The SMILES string of the molecule is CN(C)C(=O)c1cccc(NC(=O)/C=C/c2cn(-c3ccccc3)nc2-c2ccc(F)cc2)c1. The minimum absolute atomic E-state index is 0.149. The molecule has 170 valence electrons. The lowest BCUT2D eigenvalue weighted by Gasteiger charge is -2.11. The van der Waals surface area contributed by atoms with Gasteiger partial charge in [-0.3, -0.25) is 9.59 Å². The number of nitrogens with zero attached hydrogens (tertiary/aromatic N) is 3. The molecule has 1 aromatic heterocycles. The van der Waals surface area contributed by atoms with Crippen LogP contribution in [-0.4, -0.2) is 40.6 Å². The van der Waals surface area contributed by atoms with E-state index >= 15 is 0 Å². The molecule has 3 aromatic carbocycles. The fourth-order valence-corrected chi connectivity index (χ4v) is 3.39. The number of para-hydroxylation sites is 1. The highest BCUT2D eigenvalue weighted by molar-refractivity contribution is 6.03. The van der Waals surface area contributed by atoms with Crippen LogP contribution >= 0.6 is 0 Å². The van der Waals surface area contributed by atoms with E-state index in [0.29, 0.717) is 22.5 Å². The minimum Gasteiger partial charge on any atom is -0.345 e. The van der Waals surface area contributed by atoms with Gasteiger partial charge in [-0.2, -0.15) is 5.10 Å². The molecule has 0 aliphatic carbocycles. The Balaban J connectivity index is 1.60. The summed E-state index contributed by atoms with van der Waals surface area (Å²) in [6.07, 6.45) is 4.88. The van der Waals surface area contributed by atoms with Crippen LogP contribution in [0.4, 0.5) is 10.1 Å². The summed E-state index contributed by atoms with van der Waals surface area (Å²) in [6.45, 7) is 0. The molecule has 0 saturated carbocycles. The molecule has 0 spiro atoms. The number of nitrogens with one attached hydrogen (secondary N) is 1. The first-order valence-corrected chi connectivity index (χ1v) is 10.6. The Bertz CT molecular complexity index is 1340. The van der Waals surface area contributed by atoms with Gasteiger partial charge in [0.15, 0.2) is 0 Å². The first kappa shape index (κ1) is 22.7. The van der Waals surface area contributed by atoms with Crippen molar-refractivity contribution in [1.29, 1.82) is 0 Å². The van der Waals surface area contributed by atoms with E-state index in [1.54, 1.807) is 61.3 Å². The second-order valence-corrected chi connectivity index (χ2v) is 7.82. The van der Waals surface area contributed by atoms with Crippen LogP contribution in [-0.2, 0) is 4.79 Å². The second-order valence-electron chi connectivity index (χ2n) is 7.82. The number of halogens is 1. The van der Waals surface area contributed by atoms with E-state index in [4.69, 9.17) is 0 Å². The van der Waals surface area contributed by atoms with E-state index in [9.17, 15) is 14.0 Å². The van der Waals surface area contributed by atoms with Gasteiger partial charge in [0.25, 0.3) is 5.91 Å². The molecular weight excluding hydrogens is 431 g/mol. The average Bonchev–Trinajstić information content (AvgIpc) is 3.28. The van der Waals surface area contributed by atoms with Crippen molar-refractivity contribution in [2.24, 2.45) is 0 Å². The molecule has 0 radical (unpaired) electrons. The van der Waals surface area contributed by atoms with Gasteiger partial charge in [-0.05, 0) is 60.7 Å². The number of rotatable bonds is 6. The van der Waals surface area contributed by atoms with Gasteiger partial charge in [0.1, 0.15) is 5.82 Å². The Kier molecular flexibility index (Phi) is 6.64. The Morgan fingerprint density at radius 1 is 0.971 bits per heavy atom. The van der Waals surface area contributed by atoms with Gasteiger partial charge in [-0.25, -0.2) is 9.07 Å². The van der Waals surface area contributed by atoms with Crippen molar-refractivity contribution in [3.8, 4) is 16.9 Å². The summed E-state index contributed by atoms with van der Waals surface area (Å²) in [6, 6.07) is 22.4. The number of aromatic nitrogens is 2. The van der Waals surface area contributed by atoms with E-state index in [1.165, 1.54) is 23.1 Å². The predicted octanol–water partition coefficient (Wildman–Crippen LogP) is 5.03. The zero-order valence-corrected chi connectivity index (χ0v) is 18.8. The summed E-state index contributed by atoms with van der Waals surface area (Å²) < 4.78 is 15.2. The number of carbonyl (C=O) groups is 2. The summed E-state index contributed by atoms with van der Waals surface area (Å²) in [7, 11) is 3.34. The van der Waals surface area contributed by atoms with Crippen LogP contribution < -0.4 is 5.32 Å². The summed E-state index contributed by atoms with van der Waals surface area (Å²) >= 11 is 0. The third-order valence-corrected chi connectivity index (χ3v) is 5.08. The van der Waals surface area contributed by atoms with Crippen LogP contribution in [0.5, 0.6) is 0 Å². The quantitative estimate of drug-likeness (QED) is 0.416. The van der Waals surface area contributed by atoms with Gasteiger partial charge in [-0.1, -0.05) is 24.3 Å². The highest BCUT2D eigenvalue weighted by atomic mass is 19.1. The average molecular weight is 455 g/mol. The number of carbonyl (C=O) groups excluding carboxylic acids is 2. The van der Waals surface area contributed by atoms with Gasteiger partial charge >= 0.3 is 0 Å². The van der Waals surface area contributed by atoms with Crippen molar-refractivity contribution >= 4 is 23.6 Å². The lowest BCUT2D eigenvalue weighted by Crippen LogP contribution is -2.21. The summed E-state index contributed by atoms with van der Waals surface area (Å²) in [5.41, 5.74) is 3.90. The summed E-state index contributed by atoms with van der Waals surface area (Å²) in [4.78, 5) is 26.2. The minimum atomic E-state index is -0.355. The fraction of sp³-hybridized carbons (Fsp3) is 0.0741. The van der Waals surface area contributed by atoms with Gasteiger partial charge in [0, 0.05) is 48.7 Å². The molecule has 4 rings (SSSR count).